The quantitative estimate of drug-likeness (QED) is 0.646. The molecule has 0 aliphatic carbocycles. The molecule has 2 aromatic rings. The smallest absolute Gasteiger partial charge is 0.261 e. The fourth-order valence-electron chi connectivity index (χ4n) is 1.49. The molecule has 0 atom stereocenters. The minimum absolute atomic E-state index is 0.0622. The van der Waals surface area contributed by atoms with E-state index in [-0.39, 0.29) is 5.91 Å². The van der Waals surface area contributed by atoms with Crippen LogP contribution >= 0.6 is 11.3 Å². The van der Waals surface area contributed by atoms with Crippen LogP contribution in [0.2, 0.25) is 0 Å². The number of amides is 1. The molecule has 1 aromatic carbocycles. The number of rotatable bonds is 3. The summed E-state index contributed by atoms with van der Waals surface area (Å²) in [5.74, 6) is -0.0622. The van der Waals surface area contributed by atoms with Gasteiger partial charge in [-0.3, -0.25) is 4.79 Å². The van der Waals surface area contributed by atoms with Crippen molar-refractivity contribution in [2.24, 2.45) is 0 Å². The topological polar surface area (TPSA) is 55.1 Å². The van der Waals surface area contributed by atoms with Crippen LogP contribution in [0.5, 0.6) is 0 Å². The first kappa shape index (κ1) is 11.7. The summed E-state index contributed by atoms with van der Waals surface area (Å²) >= 11 is 1.47. The SMILES string of the molecule is C=C(C)CNC(=O)c1cc2cc(N)ccc2s1. The zero-order chi connectivity index (χ0) is 12.4. The Labute approximate surface area is 104 Å². The summed E-state index contributed by atoms with van der Waals surface area (Å²) in [5.41, 5.74) is 7.35. The Balaban J connectivity index is 2.24. The molecule has 0 unspecified atom stereocenters. The summed E-state index contributed by atoms with van der Waals surface area (Å²) in [6.45, 7) is 6.14. The van der Waals surface area contributed by atoms with Crippen molar-refractivity contribution in [1.29, 1.82) is 0 Å². The molecule has 3 nitrogen and oxygen atoms in total. The van der Waals surface area contributed by atoms with Crippen molar-refractivity contribution in [3.05, 3.63) is 41.3 Å². The fourth-order valence-corrected chi connectivity index (χ4v) is 2.45. The van der Waals surface area contributed by atoms with Gasteiger partial charge in [0.2, 0.25) is 0 Å². The lowest BCUT2D eigenvalue weighted by Gasteiger charge is -2.01. The highest BCUT2D eigenvalue weighted by molar-refractivity contribution is 7.20. The number of anilines is 1. The van der Waals surface area contributed by atoms with Crippen molar-refractivity contribution < 1.29 is 4.79 Å². The summed E-state index contributed by atoms with van der Waals surface area (Å²) in [6, 6.07) is 7.52. The van der Waals surface area contributed by atoms with E-state index in [0.29, 0.717) is 17.1 Å². The van der Waals surface area contributed by atoms with E-state index in [1.165, 1.54) is 11.3 Å². The molecule has 3 N–H and O–H groups in total. The minimum Gasteiger partial charge on any atom is -0.399 e. The standard InChI is InChI=1S/C13H14N2OS/c1-8(2)7-15-13(16)12-6-9-5-10(14)3-4-11(9)17-12/h3-6H,1,7,14H2,2H3,(H,15,16). The monoisotopic (exact) mass is 246 g/mol. The van der Waals surface area contributed by atoms with E-state index in [0.717, 1.165) is 15.7 Å². The maximum atomic E-state index is 11.8. The minimum atomic E-state index is -0.0622. The zero-order valence-corrected chi connectivity index (χ0v) is 10.4. The van der Waals surface area contributed by atoms with Crippen LogP contribution in [0, 0.1) is 0 Å². The molecule has 1 amide bonds. The lowest BCUT2D eigenvalue weighted by molar-refractivity contribution is 0.0961. The van der Waals surface area contributed by atoms with Crippen LogP contribution < -0.4 is 11.1 Å². The van der Waals surface area contributed by atoms with Crippen LogP contribution in [0.15, 0.2) is 36.4 Å². The van der Waals surface area contributed by atoms with E-state index in [4.69, 9.17) is 5.73 Å². The van der Waals surface area contributed by atoms with Crippen molar-refractivity contribution in [1.82, 2.24) is 5.32 Å². The van der Waals surface area contributed by atoms with Gasteiger partial charge in [0.15, 0.2) is 0 Å². The second-order valence-corrected chi connectivity index (χ2v) is 5.13. The molecule has 88 valence electrons. The molecule has 0 saturated carbocycles. The second-order valence-electron chi connectivity index (χ2n) is 4.05. The molecule has 0 aliphatic rings. The lowest BCUT2D eigenvalue weighted by Crippen LogP contribution is -2.23. The van der Waals surface area contributed by atoms with Crippen molar-refractivity contribution in [3.63, 3.8) is 0 Å². The summed E-state index contributed by atoms with van der Waals surface area (Å²) in [7, 11) is 0. The van der Waals surface area contributed by atoms with Gasteiger partial charge >= 0.3 is 0 Å². The number of thiophene rings is 1. The third kappa shape index (κ3) is 2.65. The molecule has 0 aliphatic heterocycles. The van der Waals surface area contributed by atoms with E-state index >= 15 is 0 Å². The van der Waals surface area contributed by atoms with Crippen LogP contribution in [-0.2, 0) is 0 Å². The molecule has 0 bridgehead atoms. The van der Waals surface area contributed by atoms with Gasteiger partial charge in [-0.1, -0.05) is 12.2 Å². The van der Waals surface area contributed by atoms with Crippen LogP contribution in [-0.4, -0.2) is 12.5 Å². The van der Waals surface area contributed by atoms with Gasteiger partial charge in [0.1, 0.15) is 0 Å². The molecular weight excluding hydrogens is 232 g/mol. The van der Waals surface area contributed by atoms with Gasteiger partial charge in [-0.2, -0.15) is 0 Å². The molecule has 0 fully saturated rings. The molecule has 0 spiro atoms. The lowest BCUT2D eigenvalue weighted by atomic mass is 10.2. The predicted molar refractivity (Wildman–Crippen MR) is 73.4 cm³/mol. The third-order valence-corrected chi connectivity index (χ3v) is 3.43. The largest absolute Gasteiger partial charge is 0.399 e. The highest BCUT2D eigenvalue weighted by Gasteiger charge is 2.09. The van der Waals surface area contributed by atoms with Crippen molar-refractivity contribution in [2.75, 3.05) is 12.3 Å². The molecule has 0 saturated heterocycles. The highest BCUT2D eigenvalue weighted by atomic mass is 32.1. The van der Waals surface area contributed by atoms with Crippen molar-refractivity contribution in [2.45, 2.75) is 6.92 Å². The van der Waals surface area contributed by atoms with Crippen LogP contribution in [0.3, 0.4) is 0 Å². The number of nitrogen functional groups attached to an aromatic ring is 1. The number of nitrogens with two attached hydrogens (primary N) is 1. The van der Waals surface area contributed by atoms with Crippen LogP contribution in [0.1, 0.15) is 16.6 Å². The van der Waals surface area contributed by atoms with Gasteiger partial charge in [0.25, 0.3) is 5.91 Å². The number of carbonyl (C=O) groups excluding carboxylic acids is 1. The number of benzene rings is 1. The number of hydrogen-bond acceptors (Lipinski definition) is 3. The molecular formula is C13H14N2OS. The Morgan fingerprint density at radius 3 is 2.94 bits per heavy atom. The van der Waals surface area contributed by atoms with E-state index in [1.54, 1.807) is 0 Å². The Morgan fingerprint density at radius 2 is 2.24 bits per heavy atom. The Kier molecular flexibility index (Phi) is 3.15. The first-order valence-electron chi connectivity index (χ1n) is 5.28. The summed E-state index contributed by atoms with van der Waals surface area (Å²) < 4.78 is 1.07. The number of hydrogen-bond donors (Lipinski definition) is 2. The predicted octanol–water partition coefficient (Wildman–Crippen LogP) is 2.79. The molecule has 17 heavy (non-hydrogen) atoms. The third-order valence-electron chi connectivity index (χ3n) is 2.31. The van der Waals surface area contributed by atoms with Crippen LogP contribution in [0.25, 0.3) is 10.1 Å². The average molecular weight is 246 g/mol. The molecule has 2 rings (SSSR count). The van der Waals surface area contributed by atoms with Gasteiger partial charge in [0.05, 0.1) is 4.88 Å². The summed E-state index contributed by atoms with van der Waals surface area (Å²) in [5, 5.41) is 3.82. The molecule has 1 heterocycles. The van der Waals surface area contributed by atoms with Gasteiger partial charge in [0, 0.05) is 16.9 Å². The number of nitrogens with one attached hydrogen (secondary N) is 1. The van der Waals surface area contributed by atoms with E-state index in [1.807, 2.05) is 31.2 Å². The normalized spacial score (nSPS) is 10.4. The second kappa shape index (κ2) is 4.59. The van der Waals surface area contributed by atoms with Crippen molar-refractivity contribution >= 4 is 33.0 Å². The van der Waals surface area contributed by atoms with E-state index in [2.05, 4.69) is 11.9 Å². The molecule has 4 heteroatoms. The fraction of sp³-hybridized carbons (Fsp3) is 0.154. The van der Waals surface area contributed by atoms with Crippen molar-refractivity contribution in [3.8, 4) is 0 Å². The maximum Gasteiger partial charge on any atom is 0.261 e. The Bertz CT molecular complexity index is 586. The van der Waals surface area contributed by atoms with Gasteiger partial charge in [-0.15, -0.1) is 11.3 Å². The first-order valence-corrected chi connectivity index (χ1v) is 6.09. The average Bonchev–Trinajstić information content (AvgIpc) is 2.68. The van der Waals surface area contributed by atoms with E-state index in [9.17, 15) is 4.79 Å². The van der Waals surface area contributed by atoms with Gasteiger partial charge in [-0.05, 0) is 36.6 Å². The molecule has 0 radical (unpaired) electrons. The maximum absolute atomic E-state index is 11.8. The first-order chi connectivity index (χ1) is 8.06. The van der Waals surface area contributed by atoms with Gasteiger partial charge < -0.3 is 11.1 Å². The number of fused-ring (bicyclic) bond motifs is 1. The zero-order valence-electron chi connectivity index (χ0n) is 9.62. The Hall–Kier alpha value is -1.81. The van der Waals surface area contributed by atoms with E-state index < -0.39 is 0 Å². The Morgan fingerprint density at radius 1 is 1.47 bits per heavy atom. The highest BCUT2D eigenvalue weighted by Crippen LogP contribution is 2.27. The molecule has 1 aromatic heterocycles. The van der Waals surface area contributed by atoms with Crippen LogP contribution in [0.4, 0.5) is 5.69 Å². The summed E-state index contributed by atoms with van der Waals surface area (Å²) in [6.07, 6.45) is 0. The number of carbonyl (C=O) groups is 1. The summed E-state index contributed by atoms with van der Waals surface area (Å²) in [4.78, 5) is 12.5. The van der Waals surface area contributed by atoms with Gasteiger partial charge in [-0.25, -0.2) is 0 Å².